The first-order valence-corrected chi connectivity index (χ1v) is 26.4. The molecule has 3 nitrogen and oxygen atoms in total. The van der Waals surface area contributed by atoms with Crippen molar-refractivity contribution in [1.29, 1.82) is 0 Å². The maximum atomic E-state index is 2.52. The maximum absolute atomic E-state index is 2.52. The fraction of sp³-hybridized carbons (Fsp3) is 0.0411. The summed E-state index contributed by atoms with van der Waals surface area (Å²) in [5.74, 6) is 0. The van der Waals surface area contributed by atoms with Gasteiger partial charge in [0.2, 0.25) is 0 Å². The Kier molecular flexibility index (Phi) is 9.92. The lowest BCUT2D eigenvalue weighted by Crippen LogP contribution is -2.15. The standard InChI is InChI=1S/C73H51N3/c1-73(2)65-39-12-8-36-62(65)71-66(73)47-64(70-63-37-11-15-42-69(63)76(72(70)71)53-27-4-3-5-28-53)51-25-16-23-49(43-51)50-24-17-29-54(44-50)74(55-30-18-26-52(45-55)59-38-19-22-48-21-6-7-33-58(48)59)56-31-20-32-57(46-56)75-67-40-13-9-34-60(67)61-35-10-14-41-68(61)75/h3-47H,1-2H3. The van der Waals surface area contributed by atoms with Gasteiger partial charge in [-0.3, -0.25) is 0 Å². The van der Waals surface area contributed by atoms with E-state index in [1.807, 2.05) is 0 Å². The molecule has 15 rings (SSSR count). The molecule has 1 aliphatic carbocycles. The summed E-state index contributed by atoms with van der Waals surface area (Å²) in [5, 5.41) is 7.48. The molecule has 1 aliphatic rings. The number of nitrogens with zero attached hydrogens (tertiary/aromatic N) is 3. The third-order valence-corrected chi connectivity index (χ3v) is 16.2. The molecule has 0 saturated heterocycles. The van der Waals surface area contributed by atoms with Crippen LogP contribution in [0.2, 0.25) is 0 Å². The summed E-state index contributed by atoms with van der Waals surface area (Å²) in [6.45, 7) is 4.79. The zero-order chi connectivity index (χ0) is 50.5. The van der Waals surface area contributed by atoms with Gasteiger partial charge in [-0.25, -0.2) is 0 Å². The van der Waals surface area contributed by atoms with Gasteiger partial charge in [-0.15, -0.1) is 0 Å². The number of aromatic nitrogens is 2. The molecule has 2 heterocycles. The predicted molar refractivity (Wildman–Crippen MR) is 321 cm³/mol. The Morgan fingerprint density at radius 2 is 0.803 bits per heavy atom. The van der Waals surface area contributed by atoms with Crippen LogP contribution in [-0.4, -0.2) is 9.13 Å². The largest absolute Gasteiger partial charge is 0.310 e. The van der Waals surface area contributed by atoms with Gasteiger partial charge in [0, 0.05) is 61.0 Å². The average molecular weight is 970 g/mol. The molecule has 0 fully saturated rings. The number of hydrogen-bond donors (Lipinski definition) is 0. The highest BCUT2D eigenvalue weighted by molar-refractivity contribution is 6.21. The number of hydrogen-bond acceptors (Lipinski definition) is 1. The molecule has 0 spiro atoms. The van der Waals surface area contributed by atoms with Crippen LogP contribution in [0.3, 0.4) is 0 Å². The smallest absolute Gasteiger partial charge is 0.0628 e. The molecule has 0 unspecified atom stereocenters. The second-order valence-corrected chi connectivity index (χ2v) is 20.9. The van der Waals surface area contributed by atoms with Crippen LogP contribution < -0.4 is 4.90 Å². The van der Waals surface area contributed by atoms with Crippen molar-refractivity contribution in [2.45, 2.75) is 19.3 Å². The topological polar surface area (TPSA) is 13.1 Å². The molecule has 76 heavy (non-hydrogen) atoms. The highest BCUT2D eigenvalue weighted by Crippen LogP contribution is 2.55. The van der Waals surface area contributed by atoms with E-state index in [0.717, 1.165) is 39.6 Å². The minimum Gasteiger partial charge on any atom is -0.310 e. The van der Waals surface area contributed by atoms with Crippen LogP contribution in [0.1, 0.15) is 25.0 Å². The summed E-state index contributed by atoms with van der Waals surface area (Å²) in [5.41, 5.74) is 22.6. The molecular formula is C73H51N3. The van der Waals surface area contributed by atoms with Crippen molar-refractivity contribution >= 4 is 71.4 Å². The quantitative estimate of drug-likeness (QED) is 0.148. The Balaban J connectivity index is 0.919. The van der Waals surface area contributed by atoms with E-state index >= 15 is 0 Å². The van der Waals surface area contributed by atoms with Crippen molar-refractivity contribution in [3.63, 3.8) is 0 Å². The van der Waals surface area contributed by atoms with Crippen LogP contribution in [0.4, 0.5) is 17.1 Å². The molecule has 0 amide bonds. The molecule has 0 atom stereocenters. The van der Waals surface area contributed by atoms with Gasteiger partial charge in [-0.05, 0) is 146 Å². The van der Waals surface area contributed by atoms with Gasteiger partial charge in [0.25, 0.3) is 0 Å². The lowest BCUT2D eigenvalue weighted by atomic mass is 9.81. The second-order valence-electron chi connectivity index (χ2n) is 20.9. The van der Waals surface area contributed by atoms with Crippen molar-refractivity contribution in [1.82, 2.24) is 9.13 Å². The van der Waals surface area contributed by atoms with E-state index in [1.165, 1.54) is 98.9 Å². The zero-order valence-corrected chi connectivity index (χ0v) is 42.3. The fourth-order valence-electron chi connectivity index (χ4n) is 12.8. The first kappa shape index (κ1) is 43.8. The van der Waals surface area contributed by atoms with E-state index in [0.29, 0.717) is 0 Å². The molecular weight excluding hydrogens is 919 g/mol. The Morgan fingerprint density at radius 3 is 1.54 bits per heavy atom. The third-order valence-electron chi connectivity index (χ3n) is 16.2. The first-order valence-electron chi connectivity index (χ1n) is 26.4. The van der Waals surface area contributed by atoms with Gasteiger partial charge in [0.15, 0.2) is 0 Å². The molecule has 0 aliphatic heterocycles. The monoisotopic (exact) mass is 969 g/mol. The van der Waals surface area contributed by atoms with E-state index < -0.39 is 0 Å². The van der Waals surface area contributed by atoms with E-state index in [4.69, 9.17) is 0 Å². The van der Waals surface area contributed by atoms with Crippen LogP contribution in [0.5, 0.6) is 0 Å². The number of benzene rings is 12. The summed E-state index contributed by atoms with van der Waals surface area (Å²) in [7, 11) is 0. The summed E-state index contributed by atoms with van der Waals surface area (Å²) >= 11 is 0. The highest BCUT2D eigenvalue weighted by atomic mass is 15.1. The van der Waals surface area contributed by atoms with Crippen molar-refractivity contribution in [3.05, 3.63) is 284 Å². The van der Waals surface area contributed by atoms with Gasteiger partial charge in [-0.1, -0.05) is 202 Å². The Labute approximate surface area is 442 Å². The SMILES string of the molecule is CC1(C)c2ccccc2-c2c1cc(-c1cccc(-c3cccc(N(c4cccc(-c5cccc6ccccc56)c4)c4cccc(-n5c6ccccc6c6ccccc65)c4)c3)c1)c1c3ccccc3n(-c3ccccc3)c21. The minimum atomic E-state index is -0.202. The highest BCUT2D eigenvalue weighted by Gasteiger charge is 2.39. The summed E-state index contributed by atoms with van der Waals surface area (Å²) in [4.78, 5) is 2.43. The van der Waals surface area contributed by atoms with Crippen molar-refractivity contribution in [3.8, 4) is 55.9 Å². The predicted octanol–water partition coefficient (Wildman–Crippen LogP) is 19.8. The Bertz CT molecular complexity index is 4570. The summed E-state index contributed by atoms with van der Waals surface area (Å²) in [6, 6.07) is 101. The van der Waals surface area contributed by atoms with Crippen molar-refractivity contribution in [2.75, 3.05) is 4.90 Å². The third kappa shape index (κ3) is 6.75. The molecule has 2 aromatic heterocycles. The molecule has 358 valence electrons. The van der Waals surface area contributed by atoms with E-state index in [-0.39, 0.29) is 5.41 Å². The van der Waals surface area contributed by atoms with E-state index in [9.17, 15) is 0 Å². The molecule has 0 saturated carbocycles. The minimum absolute atomic E-state index is 0.202. The van der Waals surface area contributed by atoms with E-state index in [1.54, 1.807) is 0 Å². The van der Waals surface area contributed by atoms with Crippen molar-refractivity contribution < 1.29 is 0 Å². The van der Waals surface area contributed by atoms with Crippen LogP contribution >= 0.6 is 0 Å². The van der Waals surface area contributed by atoms with Crippen LogP contribution in [0, 0.1) is 0 Å². The average Bonchev–Trinajstić information content (AvgIpc) is 4.13. The van der Waals surface area contributed by atoms with Gasteiger partial charge in [-0.2, -0.15) is 0 Å². The number of para-hydroxylation sites is 4. The molecule has 3 heteroatoms. The van der Waals surface area contributed by atoms with Crippen LogP contribution in [0.15, 0.2) is 273 Å². The van der Waals surface area contributed by atoms with E-state index in [2.05, 4.69) is 301 Å². The van der Waals surface area contributed by atoms with Gasteiger partial charge in [0.1, 0.15) is 0 Å². The van der Waals surface area contributed by atoms with Gasteiger partial charge >= 0.3 is 0 Å². The van der Waals surface area contributed by atoms with Crippen LogP contribution in [0.25, 0.3) is 110 Å². The Hall–Kier alpha value is -9.70. The molecule has 0 radical (unpaired) electrons. The fourth-order valence-corrected chi connectivity index (χ4v) is 12.8. The number of fused-ring (bicyclic) bond motifs is 11. The Morgan fingerprint density at radius 1 is 0.316 bits per heavy atom. The normalized spacial score (nSPS) is 12.7. The van der Waals surface area contributed by atoms with Crippen molar-refractivity contribution in [2.24, 2.45) is 0 Å². The molecule has 0 bridgehead atoms. The van der Waals surface area contributed by atoms with Gasteiger partial charge in [0.05, 0.1) is 22.1 Å². The summed E-state index contributed by atoms with van der Waals surface area (Å²) < 4.78 is 4.92. The molecule has 0 N–H and O–H groups in total. The number of rotatable bonds is 8. The second kappa shape index (κ2) is 17.2. The lowest BCUT2D eigenvalue weighted by Gasteiger charge is -2.27. The lowest BCUT2D eigenvalue weighted by molar-refractivity contribution is 0.661. The molecule has 12 aromatic carbocycles. The number of anilines is 3. The zero-order valence-electron chi connectivity index (χ0n) is 42.3. The molecule has 14 aromatic rings. The van der Waals surface area contributed by atoms with Crippen LogP contribution in [-0.2, 0) is 5.41 Å². The first-order chi connectivity index (χ1) is 37.5. The maximum Gasteiger partial charge on any atom is 0.0628 e. The van der Waals surface area contributed by atoms with Gasteiger partial charge < -0.3 is 14.0 Å². The summed E-state index contributed by atoms with van der Waals surface area (Å²) in [6.07, 6.45) is 0.